The molecule has 0 saturated carbocycles. The quantitative estimate of drug-likeness (QED) is 0.345. The van der Waals surface area contributed by atoms with Gasteiger partial charge in [0.05, 0.1) is 65.6 Å². The fourth-order valence-corrected chi connectivity index (χ4v) is 3.60. The van der Waals surface area contributed by atoms with Gasteiger partial charge in [0.2, 0.25) is 0 Å². The van der Waals surface area contributed by atoms with Gasteiger partial charge in [-0.3, -0.25) is 0 Å². The summed E-state index contributed by atoms with van der Waals surface area (Å²) in [5, 5.41) is 0. The second-order valence-corrected chi connectivity index (χ2v) is 7.39. The molecule has 3 heterocycles. The molecule has 0 amide bonds. The Morgan fingerprint density at radius 1 is 0.926 bits per heavy atom. The summed E-state index contributed by atoms with van der Waals surface area (Å²) in [6.45, 7) is 12.0. The first kappa shape index (κ1) is 21.1. The molecule has 0 aromatic heterocycles. The third-order valence-corrected chi connectivity index (χ3v) is 4.70. The number of fused-ring (bicyclic) bond motifs is 4. The molecule has 0 unspecified atom stereocenters. The molecule has 0 aliphatic carbocycles. The molecular formula is C19H32O8. The average molecular weight is 388 g/mol. The van der Waals surface area contributed by atoms with E-state index in [0.717, 1.165) is 0 Å². The maximum Gasteiger partial charge on any atom is 0.163 e. The molecule has 27 heavy (non-hydrogen) atoms. The van der Waals surface area contributed by atoms with Crippen LogP contribution in [0.5, 0.6) is 0 Å². The molecular weight excluding hydrogens is 356 g/mol. The van der Waals surface area contributed by atoms with Crippen LogP contribution < -0.4 is 0 Å². The smallest absolute Gasteiger partial charge is 0.163 e. The van der Waals surface area contributed by atoms with E-state index in [1.165, 1.54) is 0 Å². The molecule has 8 heteroatoms. The highest BCUT2D eigenvalue weighted by molar-refractivity contribution is 5.05. The van der Waals surface area contributed by atoms with E-state index in [-0.39, 0.29) is 18.5 Å². The summed E-state index contributed by atoms with van der Waals surface area (Å²) in [5.74, 6) is -0.601. The minimum atomic E-state index is -0.601. The second kappa shape index (κ2) is 9.76. The van der Waals surface area contributed by atoms with Crippen LogP contribution in [0.1, 0.15) is 20.3 Å². The third kappa shape index (κ3) is 5.71. The number of rotatable bonds is 13. The van der Waals surface area contributed by atoms with Gasteiger partial charge < -0.3 is 37.9 Å². The van der Waals surface area contributed by atoms with Gasteiger partial charge in [-0.25, -0.2) is 0 Å². The predicted octanol–water partition coefficient (Wildman–Crippen LogP) is 1.27. The molecule has 0 aromatic carbocycles. The lowest BCUT2D eigenvalue weighted by Crippen LogP contribution is -2.56. The van der Waals surface area contributed by atoms with Gasteiger partial charge in [-0.2, -0.15) is 0 Å². The van der Waals surface area contributed by atoms with E-state index in [1.807, 2.05) is 13.8 Å². The van der Waals surface area contributed by atoms with Crippen molar-refractivity contribution in [2.24, 2.45) is 0 Å². The Morgan fingerprint density at radius 3 is 2.30 bits per heavy atom. The number of hydrogen-bond acceptors (Lipinski definition) is 8. The first-order valence-electron chi connectivity index (χ1n) is 9.62. The van der Waals surface area contributed by atoms with E-state index in [2.05, 4.69) is 6.58 Å². The lowest BCUT2D eigenvalue weighted by atomic mass is 9.91. The molecule has 3 aliphatic rings. The zero-order valence-corrected chi connectivity index (χ0v) is 16.4. The van der Waals surface area contributed by atoms with Crippen LogP contribution in [-0.4, -0.2) is 89.3 Å². The maximum atomic E-state index is 6.07. The Kier molecular flexibility index (Phi) is 7.64. The normalized spacial score (nSPS) is 33.9. The van der Waals surface area contributed by atoms with E-state index in [1.54, 1.807) is 6.08 Å². The Morgan fingerprint density at radius 2 is 1.59 bits per heavy atom. The van der Waals surface area contributed by atoms with Gasteiger partial charge in [0, 0.05) is 6.42 Å². The van der Waals surface area contributed by atoms with Gasteiger partial charge in [-0.1, -0.05) is 6.08 Å². The molecule has 3 fully saturated rings. The van der Waals surface area contributed by atoms with Crippen molar-refractivity contribution in [3.63, 3.8) is 0 Å². The van der Waals surface area contributed by atoms with Gasteiger partial charge >= 0.3 is 0 Å². The first-order chi connectivity index (χ1) is 13.0. The van der Waals surface area contributed by atoms with Crippen molar-refractivity contribution in [3.05, 3.63) is 12.7 Å². The maximum absolute atomic E-state index is 6.07. The highest BCUT2D eigenvalue weighted by Gasteiger charge is 2.61. The van der Waals surface area contributed by atoms with Gasteiger partial charge in [0.1, 0.15) is 11.7 Å². The van der Waals surface area contributed by atoms with Crippen molar-refractivity contribution < 1.29 is 37.9 Å². The average Bonchev–Trinajstić information content (AvgIpc) is 3.14. The topological polar surface area (TPSA) is 73.8 Å². The SMILES string of the molecule is C=CCOCCOCCOCCOC[C@]12CO[C@H](C[C@H]3OC(C)(C)O[C@H]31)O2. The molecule has 0 aromatic rings. The van der Waals surface area contributed by atoms with Crippen LogP contribution in [0, 0.1) is 0 Å². The van der Waals surface area contributed by atoms with E-state index in [0.29, 0.717) is 65.9 Å². The van der Waals surface area contributed by atoms with Crippen molar-refractivity contribution in [3.8, 4) is 0 Å². The Hall–Kier alpha value is -0.580. The molecule has 0 N–H and O–H groups in total. The fourth-order valence-electron chi connectivity index (χ4n) is 3.60. The molecule has 0 spiro atoms. The van der Waals surface area contributed by atoms with E-state index < -0.39 is 11.4 Å². The molecule has 8 nitrogen and oxygen atoms in total. The molecule has 156 valence electrons. The molecule has 3 aliphatic heterocycles. The molecule has 3 saturated heterocycles. The van der Waals surface area contributed by atoms with E-state index in [9.17, 15) is 0 Å². The van der Waals surface area contributed by atoms with Crippen LogP contribution in [0.3, 0.4) is 0 Å². The van der Waals surface area contributed by atoms with Gasteiger partial charge in [-0.05, 0) is 13.8 Å². The lowest BCUT2D eigenvalue weighted by Gasteiger charge is -2.38. The van der Waals surface area contributed by atoms with Crippen LogP contribution in [0.2, 0.25) is 0 Å². The Labute approximate surface area is 161 Å². The molecule has 0 radical (unpaired) electrons. The lowest BCUT2D eigenvalue weighted by molar-refractivity contribution is -0.204. The van der Waals surface area contributed by atoms with Crippen molar-refractivity contribution in [2.45, 2.75) is 50.2 Å². The van der Waals surface area contributed by atoms with E-state index >= 15 is 0 Å². The zero-order valence-electron chi connectivity index (χ0n) is 16.4. The van der Waals surface area contributed by atoms with Crippen molar-refractivity contribution >= 4 is 0 Å². The largest absolute Gasteiger partial charge is 0.377 e. The summed E-state index contributed by atoms with van der Waals surface area (Å²) in [6.07, 6.45) is 1.97. The van der Waals surface area contributed by atoms with Crippen molar-refractivity contribution in [1.82, 2.24) is 0 Å². The minimum absolute atomic E-state index is 0.0197. The van der Waals surface area contributed by atoms with E-state index in [4.69, 9.17) is 37.9 Å². The summed E-state index contributed by atoms with van der Waals surface area (Å²) in [7, 11) is 0. The summed E-state index contributed by atoms with van der Waals surface area (Å²) >= 11 is 0. The van der Waals surface area contributed by atoms with Crippen LogP contribution in [0.4, 0.5) is 0 Å². The summed E-state index contributed by atoms with van der Waals surface area (Å²) in [6, 6.07) is 0. The third-order valence-electron chi connectivity index (χ3n) is 4.70. The van der Waals surface area contributed by atoms with Crippen LogP contribution in [-0.2, 0) is 37.9 Å². The molecule has 2 bridgehead atoms. The monoisotopic (exact) mass is 388 g/mol. The van der Waals surface area contributed by atoms with Gasteiger partial charge in [0.25, 0.3) is 0 Å². The highest BCUT2D eigenvalue weighted by atomic mass is 16.8. The first-order valence-corrected chi connectivity index (χ1v) is 9.62. The fraction of sp³-hybridized carbons (Fsp3) is 0.895. The van der Waals surface area contributed by atoms with Gasteiger partial charge in [0.15, 0.2) is 12.1 Å². The highest BCUT2D eigenvalue weighted by Crippen LogP contribution is 2.46. The van der Waals surface area contributed by atoms with Crippen molar-refractivity contribution in [1.29, 1.82) is 0 Å². The summed E-state index contributed by atoms with van der Waals surface area (Å²) in [4.78, 5) is 0. The molecule has 3 rings (SSSR count). The number of ether oxygens (including phenoxy) is 8. The van der Waals surface area contributed by atoms with Crippen LogP contribution in [0.25, 0.3) is 0 Å². The van der Waals surface area contributed by atoms with Crippen LogP contribution in [0.15, 0.2) is 12.7 Å². The zero-order chi connectivity index (χ0) is 19.2. The van der Waals surface area contributed by atoms with Crippen molar-refractivity contribution in [2.75, 3.05) is 59.5 Å². The second-order valence-electron chi connectivity index (χ2n) is 7.39. The Balaban J connectivity index is 1.26. The summed E-state index contributed by atoms with van der Waals surface area (Å²) < 4.78 is 45.8. The standard InChI is InChI=1S/C19H32O8/c1-4-5-20-6-7-21-8-9-22-10-11-23-13-19-14-24-16(26-19)12-15-17(19)27-18(2,3)25-15/h4,15-17H,1,5-14H2,2-3H3/t15-,16+,17-,19+/m1/s1. The van der Waals surface area contributed by atoms with Crippen LogP contribution >= 0.6 is 0 Å². The Bertz CT molecular complexity index is 471. The minimum Gasteiger partial charge on any atom is -0.377 e. The predicted molar refractivity (Wildman–Crippen MR) is 95.5 cm³/mol. The summed E-state index contributed by atoms with van der Waals surface area (Å²) in [5.41, 5.74) is -0.601. The van der Waals surface area contributed by atoms with Gasteiger partial charge in [-0.15, -0.1) is 6.58 Å². The molecule has 4 atom stereocenters. The number of hydrogen-bond donors (Lipinski definition) is 0.